The van der Waals surface area contributed by atoms with Crippen LogP contribution >= 0.6 is 0 Å². The van der Waals surface area contributed by atoms with Gasteiger partial charge in [0, 0.05) is 25.3 Å². The number of rotatable bonds is 4. The summed E-state index contributed by atoms with van der Waals surface area (Å²) in [5.74, 6) is 0. The molecule has 1 saturated heterocycles. The molecule has 1 aromatic carbocycles. The smallest absolute Gasteiger partial charge is 0.0667 e. The molecule has 1 aromatic rings. The van der Waals surface area contributed by atoms with Crippen LogP contribution in [0.25, 0.3) is 0 Å². The zero-order valence-electron chi connectivity index (χ0n) is 11.5. The third-order valence-electron chi connectivity index (χ3n) is 3.43. The highest BCUT2D eigenvalue weighted by atomic mass is 15.2. The first-order valence-corrected chi connectivity index (χ1v) is 6.84. The third-order valence-corrected chi connectivity index (χ3v) is 3.43. The van der Waals surface area contributed by atoms with E-state index in [1.165, 1.54) is 11.3 Å². The molecule has 19 heavy (non-hydrogen) atoms. The van der Waals surface area contributed by atoms with E-state index in [4.69, 9.17) is 0 Å². The minimum Gasteiger partial charge on any atom is -0.362 e. The van der Waals surface area contributed by atoms with Crippen molar-refractivity contribution < 1.29 is 0 Å². The fourth-order valence-corrected chi connectivity index (χ4v) is 2.46. The Balaban J connectivity index is 2.27. The van der Waals surface area contributed by atoms with E-state index in [9.17, 15) is 0 Å². The van der Waals surface area contributed by atoms with Crippen molar-refractivity contribution in [1.82, 2.24) is 10.2 Å². The molecule has 1 aliphatic rings. The van der Waals surface area contributed by atoms with Crippen LogP contribution in [-0.4, -0.2) is 24.5 Å². The lowest BCUT2D eigenvalue weighted by atomic mass is 10.0. The molecule has 0 bridgehead atoms. The van der Waals surface area contributed by atoms with Crippen LogP contribution in [0.15, 0.2) is 66.9 Å². The van der Waals surface area contributed by atoms with E-state index in [2.05, 4.69) is 59.3 Å². The van der Waals surface area contributed by atoms with E-state index in [1.54, 1.807) is 0 Å². The number of allylic oxidation sites excluding steroid dienone is 4. The molecule has 0 amide bonds. The highest BCUT2D eigenvalue weighted by Crippen LogP contribution is 2.26. The van der Waals surface area contributed by atoms with E-state index in [1.807, 2.05) is 19.1 Å². The summed E-state index contributed by atoms with van der Waals surface area (Å²) >= 11 is 0. The van der Waals surface area contributed by atoms with Gasteiger partial charge in [-0.1, -0.05) is 49.1 Å². The second-order valence-electron chi connectivity index (χ2n) is 4.65. The van der Waals surface area contributed by atoms with Gasteiger partial charge in [0.2, 0.25) is 0 Å². The summed E-state index contributed by atoms with van der Waals surface area (Å²) in [4.78, 5) is 2.43. The summed E-state index contributed by atoms with van der Waals surface area (Å²) in [6, 6.07) is 11.0. The molecule has 0 radical (unpaired) electrons. The van der Waals surface area contributed by atoms with Crippen molar-refractivity contribution in [3.8, 4) is 0 Å². The van der Waals surface area contributed by atoms with Crippen LogP contribution in [0.5, 0.6) is 0 Å². The van der Waals surface area contributed by atoms with Crippen molar-refractivity contribution in [2.24, 2.45) is 0 Å². The Morgan fingerprint density at radius 1 is 1.37 bits per heavy atom. The number of nitrogens with zero attached hydrogens (tertiary/aromatic N) is 1. The summed E-state index contributed by atoms with van der Waals surface area (Å²) in [5.41, 5.74) is 2.54. The number of hydrogen-bond acceptors (Lipinski definition) is 2. The molecule has 2 rings (SSSR count). The minimum atomic E-state index is 0.379. The molecule has 1 fully saturated rings. The van der Waals surface area contributed by atoms with Crippen LogP contribution in [0.4, 0.5) is 0 Å². The highest BCUT2D eigenvalue weighted by molar-refractivity contribution is 5.27. The SMILES string of the molecule is C=C/C(=C\C=C/C)N1CCNCC1c1ccccc1. The summed E-state index contributed by atoms with van der Waals surface area (Å²) in [5, 5.41) is 3.48. The van der Waals surface area contributed by atoms with Crippen molar-refractivity contribution >= 4 is 0 Å². The van der Waals surface area contributed by atoms with E-state index >= 15 is 0 Å². The average Bonchev–Trinajstić information content (AvgIpc) is 2.49. The molecule has 1 heterocycles. The Bertz CT molecular complexity index is 459. The molecule has 1 N–H and O–H groups in total. The molecule has 0 aromatic heterocycles. The zero-order valence-corrected chi connectivity index (χ0v) is 11.5. The minimum absolute atomic E-state index is 0.379. The molecule has 0 spiro atoms. The Hall–Kier alpha value is -1.80. The average molecular weight is 254 g/mol. The van der Waals surface area contributed by atoms with Gasteiger partial charge in [-0.3, -0.25) is 0 Å². The van der Waals surface area contributed by atoms with Crippen LogP contribution in [0.1, 0.15) is 18.5 Å². The van der Waals surface area contributed by atoms with Crippen molar-refractivity contribution in [2.45, 2.75) is 13.0 Å². The fraction of sp³-hybridized carbons (Fsp3) is 0.294. The molecule has 2 nitrogen and oxygen atoms in total. The molecule has 0 aliphatic carbocycles. The monoisotopic (exact) mass is 254 g/mol. The van der Waals surface area contributed by atoms with Gasteiger partial charge in [0.1, 0.15) is 0 Å². The van der Waals surface area contributed by atoms with Gasteiger partial charge < -0.3 is 10.2 Å². The van der Waals surface area contributed by atoms with Gasteiger partial charge in [-0.25, -0.2) is 0 Å². The van der Waals surface area contributed by atoms with Crippen LogP contribution in [0.3, 0.4) is 0 Å². The van der Waals surface area contributed by atoms with Gasteiger partial charge in [-0.15, -0.1) is 0 Å². The van der Waals surface area contributed by atoms with Gasteiger partial charge in [0.25, 0.3) is 0 Å². The van der Waals surface area contributed by atoms with E-state index in [0.29, 0.717) is 6.04 Å². The maximum Gasteiger partial charge on any atom is 0.0667 e. The van der Waals surface area contributed by atoms with Gasteiger partial charge in [-0.2, -0.15) is 0 Å². The van der Waals surface area contributed by atoms with Gasteiger partial charge in [0.15, 0.2) is 0 Å². The molecule has 2 heteroatoms. The summed E-state index contributed by atoms with van der Waals surface area (Å²) in [6.45, 7) is 8.99. The Labute approximate surface area is 116 Å². The number of benzene rings is 1. The lowest BCUT2D eigenvalue weighted by Gasteiger charge is -2.39. The first-order valence-electron chi connectivity index (χ1n) is 6.84. The van der Waals surface area contributed by atoms with Crippen LogP contribution in [0.2, 0.25) is 0 Å². The second kappa shape index (κ2) is 6.95. The number of hydrogen-bond donors (Lipinski definition) is 1. The zero-order chi connectivity index (χ0) is 13.5. The van der Waals surface area contributed by atoms with Crippen LogP contribution in [0, 0.1) is 0 Å². The second-order valence-corrected chi connectivity index (χ2v) is 4.65. The number of nitrogens with one attached hydrogen (secondary N) is 1. The molecule has 1 aliphatic heterocycles. The van der Waals surface area contributed by atoms with E-state index in [-0.39, 0.29) is 0 Å². The van der Waals surface area contributed by atoms with Crippen LogP contribution in [-0.2, 0) is 0 Å². The molecular weight excluding hydrogens is 232 g/mol. The lowest BCUT2D eigenvalue weighted by molar-refractivity contribution is 0.217. The maximum atomic E-state index is 3.95. The predicted octanol–water partition coefficient (Wildman–Crippen LogP) is 3.28. The first kappa shape index (κ1) is 13.6. The van der Waals surface area contributed by atoms with E-state index in [0.717, 1.165) is 19.6 Å². The number of piperazine rings is 1. The summed E-state index contributed by atoms with van der Waals surface area (Å²) < 4.78 is 0. The van der Waals surface area contributed by atoms with E-state index < -0.39 is 0 Å². The predicted molar refractivity (Wildman–Crippen MR) is 81.9 cm³/mol. The molecule has 1 unspecified atom stereocenters. The molecule has 100 valence electrons. The topological polar surface area (TPSA) is 15.3 Å². The molecular formula is C17H22N2. The van der Waals surface area contributed by atoms with Crippen molar-refractivity contribution in [3.05, 3.63) is 72.5 Å². The highest BCUT2D eigenvalue weighted by Gasteiger charge is 2.23. The van der Waals surface area contributed by atoms with Crippen molar-refractivity contribution in [1.29, 1.82) is 0 Å². The van der Waals surface area contributed by atoms with Gasteiger partial charge in [0.05, 0.1) is 6.04 Å². The quantitative estimate of drug-likeness (QED) is 0.830. The summed E-state index contributed by atoms with van der Waals surface area (Å²) in [7, 11) is 0. The normalized spacial score (nSPS) is 20.8. The lowest BCUT2D eigenvalue weighted by Crippen LogP contribution is -2.45. The molecule has 0 saturated carbocycles. The molecule has 1 atom stereocenters. The van der Waals surface area contributed by atoms with Gasteiger partial charge in [-0.05, 0) is 24.6 Å². The standard InChI is InChI=1S/C17H22N2/c1-3-5-11-16(4-2)19-13-12-18-14-17(19)15-9-7-6-8-10-15/h3-11,17-18H,2,12-14H2,1H3/b5-3-,16-11+. The largest absolute Gasteiger partial charge is 0.362 e. The van der Waals surface area contributed by atoms with Crippen LogP contribution < -0.4 is 5.32 Å². The Kier molecular flexibility index (Phi) is 4.99. The van der Waals surface area contributed by atoms with Gasteiger partial charge >= 0.3 is 0 Å². The fourth-order valence-electron chi connectivity index (χ4n) is 2.46. The van der Waals surface area contributed by atoms with Crippen molar-refractivity contribution in [3.63, 3.8) is 0 Å². The first-order chi connectivity index (χ1) is 9.36. The summed E-state index contributed by atoms with van der Waals surface area (Å²) in [6.07, 6.45) is 8.19. The maximum absolute atomic E-state index is 3.95. The third kappa shape index (κ3) is 3.36. The Morgan fingerprint density at radius 2 is 2.16 bits per heavy atom. The Morgan fingerprint density at radius 3 is 2.84 bits per heavy atom. The van der Waals surface area contributed by atoms with Crippen molar-refractivity contribution in [2.75, 3.05) is 19.6 Å².